The molecule has 0 aliphatic heterocycles. The van der Waals surface area contributed by atoms with E-state index in [1.54, 1.807) is 6.20 Å². The molecule has 0 amide bonds. The topological polar surface area (TPSA) is 55.9 Å². The smallest absolute Gasteiger partial charge is 0.0632 e. The Kier molecular flexibility index (Phi) is 4.12. The maximum Gasteiger partial charge on any atom is 0.0632 e. The molecular formula is C14H20N4. The van der Waals surface area contributed by atoms with Crippen LogP contribution >= 0.6 is 0 Å². The third-order valence-electron chi connectivity index (χ3n) is 3.22. The number of aryl methyl sites for hydroxylation is 3. The van der Waals surface area contributed by atoms with Crippen molar-refractivity contribution in [2.45, 2.75) is 25.8 Å². The highest BCUT2D eigenvalue weighted by Crippen LogP contribution is 2.18. The van der Waals surface area contributed by atoms with Gasteiger partial charge in [-0.15, -0.1) is 0 Å². The summed E-state index contributed by atoms with van der Waals surface area (Å²) in [6, 6.07) is 10.7. The van der Waals surface area contributed by atoms with Crippen LogP contribution in [0.1, 0.15) is 29.3 Å². The first kappa shape index (κ1) is 12.8. The van der Waals surface area contributed by atoms with Gasteiger partial charge in [0.25, 0.3) is 0 Å². The van der Waals surface area contributed by atoms with E-state index < -0.39 is 0 Å². The highest BCUT2D eigenvalue weighted by Gasteiger charge is 2.13. The number of hydrogen-bond acceptors (Lipinski definition) is 3. The van der Waals surface area contributed by atoms with Gasteiger partial charge < -0.3 is 0 Å². The monoisotopic (exact) mass is 244 g/mol. The van der Waals surface area contributed by atoms with Gasteiger partial charge in [-0.05, 0) is 31.4 Å². The van der Waals surface area contributed by atoms with E-state index in [1.807, 2.05) is 17.8 Å². The Hall–Kier alpha value is -1.65. The Balaban J connectivity index is 2.02. The molecule has 0 aliphatic rings. The van der Waals surface area contributed by atoms with Gasteiger partial charge in [-0.2, -0.15) is 5.10 Å². The second-order valence-electron chi connectivity index (χ2n) is 4.63. The van der Waals surface area contributed by atoms with E-state index in [1.165, 1.54) is 11.1 Å². The molecular weight excluding hydrogens is 224 g/mol. The molecule has 4 nitrogen and oxygen atoms in total. The first-order chi connectivity index (χ1) is 8.70. The molecule has 0 bridgehead atoms. The Bertz CT molecular complexity index is 504. The predicted octanol–water partition coefficient (Wildman–Crippen LogP) is 1.87. The van der Waals surface area contributed by atoms with Crippen molar-refractivity contribution in [3.8, 4) is 0 Å². The quantitative estimate of drug-likeness (QED) is 0.623. The number of nitrogens with zero attached hydrogens (tertiary/aromatic N) is 2. The Labute approximate surface area is 108 Å². The second-order valence-corrected chi connectivity index (χ2v) is 4.63. The van der Waals surface area contributed by atoms with Crippen molar-refractivity contribution in [1.82, 2.24) is 15.2 Å². The molecule has 2 aromatic rings. The van der Waals surface area contributed by atoms with Gasteiger partial charge in [0.05, 0.1) is 11.7 Å². The zero-order valence-corrected chi connectivity index (χ0v) is 10.9. The van der Waals surface area contributed by atoms with Crippen LogP contribution in [0.15, 0.2) is 36.5 Å². The highest BCUT2D eigenvalue weighted by molar-refractivity contribution is 5.22. The summed E-state index contributed by atoms with van der Waals surface area (Å²) in [5.41, 5.74) is 6.63. The Morgan fingerprint density at radius 1 is 1.39 bits per heavy atom. The van der Waals surface area contributed by atoms with Crippen LogP contribution < -0.4 is 11.3 Å². The lowest BCUT2D eigenvalue weighted by Gasteiger charge is -2.16. The number of hydrogen-bond donors (Lipinski definition) is 2. The minimum absolute atomic E-state index is 0.137. The maximum atomic E-state index is 5.64. The number of nitrogens with two attached hydrogens (primary N) is 1. The minimum Gasteiger partial charge on any atom is -0.271 e. The van der Waals surface area contributed by atoms with Crippen LogP contribution in [0.3, 0.4) is 0 Å². The van der Waals surface area contributed by atoms with Crippen molar-refractivity contribution in [1.29, 1.82) is 0 Å². The summed E-state index contributed by atoms with van der Waals surface area (Å²) >= 11 is 0. The van der Waals surface area contributed by atoms with Crippen LogP contribution in [0.4, 0.5) is 0 Å². The third kappa shape index (κ3) is 2.97. The van der Waals surface area contributed by atoms with E-state index in [4.69, 9.17) is 5.84 Å². The summed E-state index contributed by atoms with van der Waals surface area (Å²) < 4.78 is 1.86. The minimum atomic E-state index is 0.137. The molecule has 0 aliphatic carbocycles. The molecule has 0 saturated carbocycles. The first-order valence-electron chi connectivity index (χ1n) is 6.20. The lowest BCUT2D eigenvalue weighted by atomic mass is 10.0. The lowest BCUT2D eigenvalue weighted by molar-refractivity contribution is 0.480. The average Bonchev–Trinajstić information content (AvgIpc) is 2.77. The van der Waals surface area contributed by atoms with Crippen molar-refractivity contribution in [2.24, 2.45) is 12.9 Å². The van der Waals surface area contributed by atoms with Gasteiger partial charge in [-0.1, -0.05) is 29.8 Å². The zero-order valence-electron chi connectivity index (χ0n) is 10.9. The lowest BCUT2D eigenvalue weighted by Crippen LogP contribution is -2.30. The fourth-order valence-corrected chi connectivity index (χ4v) is 2.22. The van der Waals surface area contributed by atoms with Gasteiger partial charge in [0, 0.05) is 13.2 Å². The molecule has 3 N–H and O–H groups in total. The van der Waals surface area contributed by atoms with Crippen molar-refractivity contribution >= 4 is 0 Å². The summed E-state index contributed by atoms with van der Waals surface area (Å²) in [7, 11) is 1.94. The van der Waals surface area contributed by atoms with Crippen LogP contribution in [0, 0.1) is 6.92 Å². The fourth-order valence-electron chi connectivity index (χ4n) is 2.22. The number of aromatic nitrogens is 2. The van der Waals surface area contributed by atoms with Crippen molar-refractivity contribution in [3.05, 3.63) is 53.3 Å². The van der Waals surface area contributed by atoms with E-state index in [-0.39, 0.29) is 6.04 Å². The summed E-state index contributed by atoms with van der Waals surface area (Å²) in [6.07, 6.45) is 3.76. The van der Waals surface area contributed by atoms with Crippen LogP contribution in [0.25, 0.3) is 0 Å². The second kappa shape index (κ2) is 5.80. The van der Waals surface area contributed by atoms with Gasteiger partial charge in [-0.3, -0.25) is 16.0 Å². The molecule has 1 unspecified atom stereocenters. The average molecular weight is 244 g/mol. The fraction of sp³-hybridized carbons (Fsp3) is 0.357. The van der Waals surface area contributed by atoms with E-state index in [9.17, 15) is 0 Å². The van der Waals surface area contributed by atoms with Crippen LogP contribution in [-0.2, 0) is 13.5 Å². The van der Waals surface area contributed by atoms with E-state index in [2.05, 4.69) is 41.7 Å². The number of hydrazine groups is 1. The van der Waals surface area contributed by atoms with Crippen molar-refractivity contribution < 1.29 is 0 Å². The van der Waals surface area contributed by atoms with Crippen LogP contribution in [-0.4, -0.2) is 9.78 Å². The summed E-state index contributed by atoms with van der Waals surface area (Å²) in [6.45, 7) is 2.11. The predicted molar refractivity (Wildman–Crippen MR) is 72.8 cm³/mol. The van der Waals surface area contributed by atoms with Gasteiger partial charge in [0.1, 0.15) is 0 Å². The molecule has 2 rings (SSSR count). The summed E-state index contributed by atoms with van der Waals surface area (Å²) in [5, 5.41) is 4.18. The standard InChI is InChI=1S/C14H20N4/c1-11-4-3-5-12(10-11)6-7-13(17-15)14-8-9-16-18(14)2/h3-5,8-10,13,17H,6-7,15H2,1-2H3. The van der Waals surface area contributed by atoms with E-state index in [0.29, 0.717) is 0 Å². The Morgan fingerprint density at radius 2 is 2.22 bits per heavy atom. The molecule has 18 heavy (non-hydrogen) atoms. The van der Waals surface area contributed by atoms with E-state index in [0.717, 1.165) is 18.5 Å². The first-order valence-corrected chi connectivity index (χ1v) is 6.20. The maximum absolute atomic E-state index is 5.64. The number of rotatable bonds is 5. The molecule has 1 aromatic heterocycles. The van der Waals surface area contributed by atoms with Crippen LogP contribution in [0.2, 0.25) is 0 Å². The zero-order chi connectivity index (χ0) is 13.0. The number of benzene rings is 1. The highest BCUT2D eigenvalue weighted by atomic mass is 15.3. The van der Waals surface area contributed by atoms with Crippen LogP contribution in [0.5, 0.6) is 0 Å². The molecule has 0 fully saturated rings. The number of nitrogens with one attached hydrogen (secondary N) is 1. The molecule has 0 saturated heterocycles. The molecule has 1 atom stereocenters. The SMILES string of the molecule is Cc1cccc(CCC(NN)c2ccnn2C)c1. The largest absolute Gasteiger partial charge is 0.271 e. The van der Waals surface area contributed by atoms with Gasteiger partial charge in [-0.25, -0.2) is 0 Å². The molecule has 0 spiro atoms. The van der Waals surface area contributed by atoms with Crippen molar-refractivity contribution in [3.63, 3.8) is 0 Å². The van der Waals surface area contributed by atoms with Gasteiger partial charge >= 0.3 is 0 Å². The van der Waals surface area contributed by atoms with E-state index >= 15 is 0 Å². The summed E-state index contributed by atoms with van der Waals surface area (Å²) in [5.74, 6) is 5.64. The molecule has 0 radical (unpaired) electrons. The van der Waals surface area contributed by atoms with Gasteiger partial charge in [0.15, 0.2) is 0 Å². The van der Waals surface area contributed by atoms with Gasteiger partial charge in [0.2, 0.25) is 0 Å². The summed E-state index contributed by atoms with van der Waals surface area (Å²) in [4.78, 5) is 0. The van der Waals surface area contributed by atoms with Crippen molar-refractivity contribution in [2.75, 3.05) is 0 Å². The molecule has 96 valence electrons. The molecule has 4 heteroatoms. The molecule has 1 aromatic carbocycles. The third-order valence-corrected chi connectivity index (χ3v) is 3.22. The molecule has 1 heterocycles. The normalized spacial score (nSPS) is 12.6. The Morgan fingerprint density at radius 3 is 2.83 bits per heavy atom.